The number of ketones is 1. The summed E-state index contributed by atoms with van der Waals surface area (Å²) in [4.78, 5) is 30.3. The minimum Gasteiger partial charge on any atom is -0.502 e. The number of hydrogen-bond acceptors (Lipinski definition) is 6. The average molecular weight is 226 g/mol. The summed E-state index contributed by atoms with van der Waals surface area (Å²) in [5.74, 6) is -1.63. The van der Waals surface area contributed by atoms with Gasteiger partial charge in [-0.3, -0.25) is 25.0 Å². The summed E-state index contributed by atoms with van der Waals surface area (Å²) in [6, 6.07) is 1.65. The highest BCUT2D eigenvalue weighted by atomic mass is 16.6. The van der Waals surface area contributed by atoms with Crippen molar-refractivity contribution in [2.45, 2.75) is 6.92 Å². The third kappa shape index (κ3) is 1.80. The monoisotopic (exact) mass is 226 g/mol. The van der Waals surface area contributed by atoms with Gasteiger partial charge in [0.2, 0.25) is 0 Å². The van der Waals surface area contributed by atoms with Crippen LogP contribution in [-0.4, -0.2) is 20.7 Å². The van der Waals surface area contributed by atoms with E-state index >= 15 is 0 Å². The molecule has 0 radical (unpaired) electrons. The largest absolute Gasteiger partial charge is 0.502 e. The van der Waals surface area contributed by atoms with Crippen molar-refractivity contribution < 1.29 is 19.7 Å². The number of carbonyl (C=O) groups excluding carboxylic acids is 1. The molecule has 0 aliphatic carbocycles. The summed E-state index contributed by atoms with van der Waals surface area (Å²) < 4.78 is 0. The maximum absolute atomic E-state index is 11.1. The van der Waals surface area contributed by atoms with Crippen LogP contribution in [0.15, 0.2) is 12.1 Å². The lowest BCUT2D eigenvalue weighted by Crippen LogP contribution is -2.05. The maximum Gasteiger partial charge on any atom is 0.328 e. The number of carbonyl (C=O) groups is 1. The number of nitrogens with zero attached hydrogens (tertiary/aromatic N) is 2. The number of phenols is 1. The molecule has 1 aromatic carbocycles. The molecule has 0 bridgehead atoms. The van der Waals surface area contributed by atoms with Crippen LogP contribution in [0.2, 0.25) is 0 Å². The van der Waals surface area contributed by atoms with Gasteiger partial charge in [-0.2, -0.15) is 0 Å². The lowest BCUT2D eigenvalue weighted by Gasteiger charge is -2.02. The van der Waals surface area contributed by atoms with Crippen LogP contribution >= 0.6 is 0 Å². The number of Topliss-reactive ketones (excluding diaryl/α,β-unsaturated/α-hetero) is 1. The van der Waals surface area contributed by atoms with E-state index in [1.807, 2.05) is 0 Å². The fourth-order valence-electron chi connectivity index (χ4n) is 1.25. The van der Waals surface area contributed by atoms with Crippen LogP contribution in [0.1, 0.15) is 17.3 Å². The van der Waals surface area contributed by atoms with Gasteiger partial charge in [-0.15, -0.1) is 0 Å². The molecule has 84 valence electrons. The fraction of sp³-hybridized carbons (Fsp3) is 0.125. The first-order valence-corrected chi connectivity index (χ1v) is 4.02. The molecule has 0 spiro atoms. The molecule has 16 heavy (non-hydrogen) atoms. The standard InChI is InChI=1S/C8H6N2O6/c1-4(11)7-5(9(13)14)2-3-6(12)8(7)10(15)16/h2-3,12H,1H3. The number of benzene rings is 1. The highest BCUT2D eigenvalue weighted by molar-refractivity contribution is 6.03. The molecular formula is C8H6N2O6. The Hall–Kier alpha value is -2.51. The molecule has 0 aliphatic rings. The van der Waals surface area contributed by atoms with Crippen LogP contribution in [0.4, 0.5) is 11.4 Å². The summed E-state index contributed by atoms with van der Waals surface area (Å²) in [5, 5.41) is 30.4. The molecule has 0 aromatic heterocycles. The summed E-state index contributed by atoms with van der Waals surface area (Å²) in [5.41, 5.74) is -2.34. The van der Waals surface area contributed by atoms with E-state index < -0.39 is 38.3 Å². The van der Waals surface area contributed by atoms with E-state index in [-0.39, 0.29) is 0 Å². The molecule has 0 saturated heterocycles. The zero-order valence-corrected chi connectivity index (χ0v) is 8.04. The van der Waals surface area contributed by atoms with Crippen LogP contribution in [0.25, 0.3) is 0 Å². The molecule has 0 saturated carbocycles. The van der Waals surface area contributed by atoms with Gasteiger partial charge in [-0.25, -0.2) is 0 Å². The molecule has 0 atom stereocenters. The van der Waals surface area contributed by atoms with Crippen molar-refractivity contribution in [3.63, 3.8) is 0 Å². The van der Waals surface area contributed by atoms with Crippen molar-refractivity contribution in [1.82, 2.24) is 0 Å². The van der Waals surface area contributed by atoms with E-state index in [1.54, 1.807) is 0 Å². The second-order valence-corrected chi connectivity index (χ2v) is 2.90. The van der Waals surface area contributed by atoms with Crippen molar-refractivity contribution in [3.8, 4) is 5.75 Å². The van der Waals surface area contributed by atoms with Gasteiger partial charge >= 0.3 is 5.69 Å². The Bertz CT molecular complexity index is 496. The molecule has 8 heteroatoms. The quantitative estimate of drug-likeness (QED) is 0.472. The van der Waals surface area contributed by atoms with Crippen LogP contribution in [-0.2, 0) is 0 Å². The van der Waals surface area contributed by atoms with Gasteiger partial charge in [0.25, 0.3) is 5.69 Å². The van der Waals surface area contributed by atoms with Gasteiger partial charge in [-0.1, -0.05) is 0 Å². The van der Waals surface area contributed by atoms with Crippen molar-refractivity contribution in [2.75, 3.05) is 0 Å². The number of nitro groups is 2. The molecule has 0 amide bonds. The molecule has 1 N–H and O–H groups in total. The van der Waals surface area contributed by atoms with Gasteiger partial charge < -0.3 is 5.11 Å². The van der Waals surface area contributed by atoms with E-state index in [2.05, 4.69) is 0 Å². The van der Waals surface area contributed by atoms with Gasteiger partial charge in [-0.05, 0) is 13.0 Å². The second kappa shape index (κ2) is 3.93. The second-order valence-electron chi connectivity index (χ2n) is 2.90. The van der Waals surface area contributed by atoms with Gasteiger partial charge in [0.15, 0.2) is 17.1 Å². The van der Waals surface area contributed by atoms with Crippen LogP contribution in [0, 0.1) is 20.2 Å². The number of phenolic OH excluding ortho intramolecular Hbond substituents is 1. The highest BCUT2D eigenvalue weighted by Gasteiger charge is 2.31. The van der Waals surface area contributed by atoms with Crippen molar-refractivity contribution in [1.29, 1.82) is 0 Å². The number of nitro benzene ring substituents is 2. The van der Waals surface area contributed by atoms with Crippen LogP contribution < -0.4 is 0 Å². The summed E-state index contributed by atoms with van der Waals surface area (Å²) >= 11 is 0. The normalized spacial score (nSPS) is 9.81. The summed E-state index contributed by atoms with van der Waals surface area (Å²) in [6.07, 6.45) is 0. The molecular weight excluding hydrogens is 220 g/mol. The number of aromatic hydroxyl groups is 1. The van der Waals surface area contributed by atoms with Crippen molar-refractivity contribution >= 4 is 17.2 Å². The average Bonchev–Trinajstić information content (AvgIpc) is 2.15. The Balaban J connectivity index is 3.70. The predicted molar refractivity (Wildman–Crippen MR) is 51.4 cm³/mol. The third-order valence-electron chi connectivity index (χ3n) is 1.87. The van der Waals surface area contributed by atoms with Gasteiger partial charge in [0.05, 0.1) is 9.85 Å². The van der Waals surface area contributed by atoms with Gasteiger partial charge in [0.1, 0.15) is 0 Å². The van der Waals surface area contributed by atoms with E-state index in [0.717, 1.165) is 19.1 Å². The minimum atomic E-state index is -1.03. The Morgan fingerprint density at radius 1 is 1.25 bits per heavy atom. The lowest BCUT2D eigenvalue weighted by atomic mass is 10.1. The first-order chi connectivity index (χ1) is 7.36. The van der Waals surface area contributed by atoms with E-state index in [0.29, 0.717) is 0 Å². The van der Waals surface area contributed by atoms with E-state index in [9.17, 15) is 30.1 Å². The number of rotatable bonds is 3. The Morgan fingerprint density at radius 2 is 1.81 bits per heavy atom. The molecule has 0 fully saturated rings. The highest BCUT2D eigenvalue weighted by Crippen LogP contribution is 2.36. The topological polar surface area (TPSA) is 124 Å². The molecule has 0 unspecified atom stereocenters. The number of hydrogen-bond donors (Lipinski definition) is 1. The van der Waals surface area contributed by atoms with Crippen molar-refractivity contribution in [3.05, 3.63) is 37.9 Å². The van der Waals surface area contributed by atoms with Crippen LogP contribution in [0.3, 0.4) is 0 Å². The SMILES string of the molecule is CC(=O)c1c([N+](=O)[O-])ccc(O)c1[N+](=O)[O-]. The Kier molecular flexibility index (Phi) is 2.84. The summed E-state index contributed by atoms with van der Waals surface area (Å²) in [6.45, 7) is 0.953. The lowest BCUT2D eigenvalue weighted by molar-refractivity contribution is -0.395. The van der Waals surface area contributed by atoms with E-state index in [1.165, 1.54) is 0 Å². The van der Waals surface area contributed by atoms with E-state index in [4.69, 9.17) is 0 Å². The zero-order valence-electron chi connectivity index (χ0n) is 8.04. The summed E-state index contributed by atoms with van der Waals surface area (Å²) in [7, 11) is 0. The maximum atomic E-state index is 11.1. The molecule has 0 heterocycles. The minimum absolute atomic E-state index is 0.697. The molecule has 0 aliphatic heterocycles. The molecule has 8 nitrogen and oxygen atoms in total. The molecule has 1 aromatic rings. The van der Waals surface area contributed by atoms with Gasteiger partial charge in [0, 0.05) is 6.07 Å². The fourth-order valence-corrected chi connectivity index (χ4v) is 1.25. The van der Waals surface area contributed by atoms with Crippen molar-refractivity contribution in [2.24, 2.45) is 0 Å². The smallest absolute Gasteiger partial charge is 0.328 e. The Morgan fingerprint density at radius 3 is 2.19 bits per heavy atom. The third-order valence-corrected chi connectivity index (χ3v) is 1.87. The predicted octanol–water partition coefficient (Wildman–Crippen LogP) is 1.41. The first kappa shape index (κ1) is 11.6. The zero-order chi connectivity index (χ0) is 12.5. The molecule has 1 rings (SSSR count). The Labute approximate surface area is 88.4 Å². The van der Waals surface area contributed by atoms with Crippen LogP contribution in [0.5, 0.6) is 5.75 Å². The first-order valence-electron chi connectivity index (χ1n) is 4.02.